The first kappa shape index (κ1) is 41.9. The number of piperazine rings is 2. The quantitative estimate of drug-likeness (QED) is 0.365. The molecule has 0 bridgehead atoms. The summed E-state index contributed by atoms with van der Waals surface area (Å²) in [6.45, 7) is 21.7. The Kier molecular flexibility index (Phi) is 14.3. The summed E-state index contributed by atoms with van der Waals surface area (Å²) < 4.78 is 5.67. The Bertz CT molecular complexity index is 1420. The largest absolute Gasteiger partial charge is 0.444 e. The van der Waals surface area contributed by atoms with E-state index in [-0.39, 0.29) is 47.5 Å². The van der Waals surface area contributed by atoms with Gasteiger partial charge in [0.2, 0.25) is 11.8 Å². The molecule has 4 rings (SSSR count). The third kappa shape index (κ3) is 11.8. The second kappa shape index (κ2) is 17.4. The van der Waals surface area contributed by atoms with Crippen LogP contribution in [0.15, 0.2) is 60.7 Å². The number of hydrogen-bond acceptors (Lipinski definition) is 7. The number of nitrogens with zero attached hydrogens (tertiary/aromatic N) is 5. The molecule has 2 heterocycles. The zero-order valence-electron chi connectivity index (χ0n) is 33.7. The van der Waals surface area contributed by atoms with E-state index < -0.39 is 11.0 Å². The zero-order chi connectivity index (χ0) is 38.3. The van der Waals surface area contributed by atoms with E-state index in [1.54, 1.807) is 4.90 Å². The van der Waals surface area contributed by atoms with Gasteiger partial charge in [-0.15, -0.1) is 0 Å². The number of benzene rings is 2. The minimum absolute atomic E-state index is 0.0867. The lowest BCUT2D eigenvalue weighted by Crippen LogP contribution is -2.60. The van der Waals surface area contributed by atoms with Gasteiger partial charge in [0.25, 0.3) is 0 Å². The van der Waals surface area contributed by atoms with Crippen molar-refractivity contribution in [2.24, 2.45) is 10.8 Å². The highest BCUT2D eigenvalue weighted by Crippen LogP contribution is 2.33. The molecule has 0 radical (unpaired) electrons. The molecule has 0 aliphatic carbocycles. The fourth-order valence-electron chi connectivity index (χ4n) is 7.29. The van der Waals surface area contributed by atoms with Gasteiger partial charge in [0.15, 0.2) is 0 Å². The lowest BCUT2D eigenvalue weighted by atomic mass is 9.88. The molecule has 2 aliphatic rings. The molecule has 0 saturated carbocycles. The molecule has 3 amide bonds. The summed E-state index contributed by atoms with van der Waals surface area (Å²) in [7, 11) is 7.99. The van der Waals surface area contributed by atoms with Gasteiger partial charge in [-0.25, -0.2) is 4.79 Å². The molecule has 51 heavy (non-hydrogen) atoms. The Morgan fingerprint density at radius 2 is 1.12 bits per heavy atom. The third-order valence-electron chi connectivity index (χ3n) is 9.43. The molecular formula is C41H66N6O4. The SMILES string of the molecule is C[C@@H]1CN(C(=O)OC(C)(C)C)[C@@H](c2ccccc2)CN1C(=O)C(C)(C)CN(C)C.C[C@@H]1CN[C@@H](c2ccccc2)CN1C(=O)C(C)(C)CN(C)C. The molecule has 2 aliphatic heterocycles. The van der Waals surface area contributed by atoms with Crippen molar-refractivity contribution in [2.45, 2.75) is 92.1 Å². The van der Waals surface area contributed by atoms with Crippen LogP contribution in [-0.2, 0) is 14.3 Å². The van der Waals surface area contributed by atoms with Gasteiger partial charge in [0, 0.05) is 57.4 Å². The van der Waals surface area contributed by atoms with Crippen LogP contribution in [0.3, 0.4) is 0 Å². The van der Waals surface area contributed by atoms with Crippen molar-refractivity contribution >= 4 is 17.9 Å². The van der Waals surface area contributed by atoms with Crippen LogP contribution in [-0.4, -0.2) is 128 Å². The van der Waals surface area contributed by atoms with Gasteiger partial charge in [-0.05, 0) is 102 Å². The average Bonchev–Trinajstić information content (AvgIpc) is 3.03. The number of carbonyl (C=O) groups excluding carboxylic acids is 3. The van der Waals surface area contributed by atoms with Crippen molar-refractivity contribution in [1.29, 1.82) is 0 Å². The van der Waals surface area contributed by atoms with Crippen LogP contribution in [0.1, 0.15) is 85.5 Å². The molecule has 2 aromatic rings. The normalized spacial score (nSPS) is 21.7. The summed E-state index contributed by atoms with van der Waals surface area (Å²) in [6, 6.07) is 20.4. The summed E-state index contributed by atoms with van der Waals surface area (Å²) in [6.07, 6.45) is -0.335. The summed E-state index contributed by atoms with van der Waals surface area (Å²) in [5, 5.41) is 3.56. The van der Waals surface area contributed by atoms with Gasteiger partial charge >= 0.3 is 6.09 Å². The molecule has 0 spiro atoms. The minimum Gasteiger partial charge on any atom is -0.444 e. The van der Waals surface area contributed by atoms with Crippen LogP contribution in [0.2, 0.25) is 0 Å². The number of ether oxygens (including phenoxy) is 1. The van der Waals surface area contributed by atoms with Crippen LogP contribution >= 0.6 is 0 Å². The predicted molar refractivity (Wildman–Crippen MR) is 206 cm³/mol. The Labute approximate surface area is 308 Å². The van der Waals surface area contributed by atoms with Crippen molar-refractivity contribution in [3.05, 3.63) is 71.8 Å². The summed E-state index contributed by atoms with van der Waals surface area (Å²) in [5.41, 5.74) is 0.817. The minimum atomic E-state index is -0.567. The van der Waals surface area contributed by atoms with Gasteiger partial charge in [0.05, 0.1) is 16.9 Å². The van der Waals surface area contributed by atoms with E-state index in [0.29, 0.717) is 19.6 Å². The molecule has 10 heteroatoms. The predicted octanol–water partition coefficient (Wildman–Crippen LogP) is 5.92. The van der Waals surface area contributed by atoms with Crippen molar-refractivity contribution in [3.8, 4) is 0 Å². The Balaban J connectivity index is 0.000000286. The van der Waals surface area contributed by atoms with Gasteiger partial charge in [0.1, 0.15) is 5.60 Å². The van der Waals surface area contributed by atoms with Crippen LogP contribution in [0.4, 0.5) is 4.79 Å². The van der Waals surface area contributed by atoms with E-state index in [2.05, 4.69) is 46.3 Å². The molecule has 2 saturated heterocycles. The van der Waals surface area contributed by atoms with E-state index in [1.807, 2.05) is 130 Å². The fraction of sp³-hybridized carbons (Fsp3) is 0.634. The number of carbonyl (C=O) groups is 3. The van der Waals surface area contributed by atoms with Crippen molar-refractivity contribution in [2.75, 3.05) is 67.5 Å². The van der Waals surface area contributed by atoms with Crippen LogP contribution < -0.4 is 5.32 Å². The molecule has 1 N–H and O–H groups in total. The Hall–Kier alpha value is -3.47. The molecule has 284 valence electrons. The number of hydrogen-bond donors (Lipinski definition) is 1. The second-order valence-corrected chi connectivity index (χ2v) is 17.3. The van der Waals surface area contributed by atoms with Gasteiger partial charge in [-0.2, -0.15) is 0 Å². The number of nitrogens with one attached hydrogen (secondary N) is 1. The standard InChI is InChI=1S/C23H37N3O3.C18H29N3O/c1-17-14-26(21(28)29-22(2,3)4)19(18-12-10-9-11-13-18)15-25(17)20(27)23(5,6)16-24(7)8;1-14-11-19-16(15-9-7-6-8-10-15)12-21(14)17(22)18(2,3)13-20(4)5/h9-13,17,19H,14-16H2,1-8H3;6-10,14,16,19H,11-13H2,1-5H3/t17-,19-;14-,16-/m11/s1. The first-order valence-electron chi connectivity index (χ1n) is 18.4. The highest BCUT2D eigenvalue weighted by atomic mass is 16.6. The monoisotopic (exact) mass is 707 g/mol. The third-order valence-corrected chi connectivity index (χ3v) is 9.43. The van der Waals surface area contributed by atoms with Crippen LogP contribution in [0.5, 0.6) is 0 Å². The van der Waals surface area contributed by atoms with Gasteiger partial charge in [-0.3, -0.25) is 14.5 Å². The molecule has 0 aromatic heterocycles. The van der Waals surface area contributed by atoms with Gasteiger partial charge in [-0.1, -0.05) is 60.7 Å². The summed E-state index contributed by atoms with van der Waals surface area (Å²) in [5.74, 6) is 0.361. The van der Waals surface area contributed by atoms with E-state index >= 15 is 0 Å². The van der Waals surface area contributed by atoms with E-state index in [9.17, 15) is 14.4 Å². The summed E-state index contributed by atoms with van der Waals surface area (Å²) in [4.78, 5) is 49.3. The topological polar surface area (TPSA) is 88.7 Å². The maximum Gasteiger partial charge on any atom is 0.410 e. The maximum absolute atomic E-state index is 13.4. The lowest BCUT2D eigenvalue weighted by Gasteiger charge is -2.47. The molecule has 4 atom stereocenters. The average molecular weight is 707 g/mol. The molecular weight excluding hydrogens is 640 g/mol. The van der Waals surface area contributed by atoms with E-state index in [1.165, 1.54) is 5.56 Å². The van der Waals surface area contributed by atoms with Crippen molar-refractivity contribution in [3.63, 3.8) is 0 Å². The van der Waals surface area contributed by atoms with Crippen LogP contribution in [0.25, 0.3) is 0 Å². The van der Waals surface area contributed by atoms with E-state index in [4.69, 9.17) is 4.74 Å². The van der Waals surface area contributed by atoms with E-state index in [0.717, 1.165) is 25.2 Å². The van der Waals surface area contributed by atoms with Crippen molar-refractivity contribution < 1.29 is 19.1 Å². The highest BCUT2D eigenvalue weighted by molar-refractivity contribution is 5.83. The Morgan fingerprint density at radius 1 is 0.667 bits per heavy atom. The first-order chi connectivity index (χ1) is 23.6. The van der Waals surface area contributed by atoms with Crippen LogP contribution in [0, 0.1) is 10.8 Å². The lowest BCUT2D eigenvalue weighted by molar-refractivity contribution is -0.147. The molecule has 0 unspecified atom stereocenters. The molecule has 10 nitrogen and oxygen atoms in total. The zero-order valence-corrected chi connectivity index (χ0v) is 33.7. The molecule has 2 aromatic carbocycles. The van der Waals surface area contributed by atoms with Crippen molar-refractivity contribution in [1.82, 2.24) is 29.8 Å². The molecule has 2 fully saturated rings. The van der Waals surface area contributed by atoms with Gasteiger partial charge < -0.3 is 29.7 Å². The summed E-state index contributed by atoms with van der Waals surface area (Å²) >= 11 is 0. The maximum atomic E-state index is 13.4. The number of rotatable bonds is 8. The highest BCUT2D eigenvalue weighted by Gasteiger charge is 2.43. The number of amides is 3. The smallest absolute Gasteiger partial charge is 0.410 e. The Morgan fingerprint density at radius 3 is 1.57 bits per heavy atom. The first-order valence-corrected chi connectivity index (χ1v) is 18.4. The fourth-order valence-corrected chi connectivity index (χ4v) is 7.29. The second-order valence-electron chi connectivity index (χ2n) is 17.3.